The van der Waals surface area contributed by atoms with Crippen LogP contribution in [0.4, 0.5) is 0 Å². The van der Waals surface area contributed by atoms with E-state index in [4.69, 9.17) is 0 Å². The maximum absolute atomic E-state index is 2.44. The lowest BCUT2D eigenvalue weighted by molar-refractivity contribution is 1.02. The van der Waals surface area contributed by atoms with Crippen LogP contribution in [0.25, 0.3) is 111 Å². The molecule has 10 aromatic carbocycles. The minimum atomic E-state index is 1.19. The fourth-order valence-electron chi connectivity index (χ4n) is 9.49. The number of para-hydroxylation sites is 2. The first-order chi connectivity index (χ1) is 30.7. The van der Waals surface area contributed by atoms with Crippen molar-refractivity contribution < 1.29 is 0 Å². The summed E-state index contributed by atoms with van der Waals surface area (Å²) in [6.07, 6.45) is 0. The molecule has 0 unspecified atom stereocenters. The summed E-state index contributed by atoms with van der Waals surface area (Å²) >= 11 is 0. The number of benzene rings is 10. The fraction of sp³-hybridized carbons (Fsp3) is 0.0164. The zero-order valence-electron chi connectivity index (χ0n) is 34.5. The van der Waals surface area contributed by atoms with E-state index in [1.165, 1.54) is 111 Å². The number of rotatable bonds is 8. The van der Waals surface area contributed by atoms with Crippen LogP contribution in [0.3, 0.4) is 0 Å². The Hall–Kier alpha value is -8.00. The van der Waals surface area contributed by atoms with Gasteiger partial charge in [-0.3, -0.25) is 0 Å². The lowest BCUT2D eigenvalue weighted by Gasteiger charge is -2.16. The molecule has 292 valence electrons. The number of hydrogen-bond donors (Lipinski definition) is 0. The highest BCUT2D eigenvalue weighted by atomic mass is 14.9. The maximum Gasteiger partial charge on any atom is 0.0568 e. The van der Waals surface area contributed by atoms with Crippen LogP contribution < -0.4 is 0 Å². The summed E-state index contributed by atoms with van der Waals surface area (Å²) in [4.78, 5) is 0. The van der Waals surface area contributed by atoms with E-state index in [1.54, 1.807) is 0 Å². The molecule has 0 saturated carbocycles. The molecule has 1 heterocycles. The van der Waals surface area contributed by atoms with Gasteiger partial charge in [0.05, 0.1) is 11.0 Å². The van der Waals surface area contributed by atoms with Gasteiger partial charge in [0.2, 0.25) is 0 Å². The van der Waals surface area contributed by atoms with Crippen LogP contribution in [-0.4, -0.2) is 4.57 Å². The SMILES string of the molecule is Cn1c2c(-c3ccccc3-c3cc(-c4ccccc4)cc(-c4ccccc4)c3)cccc2c2cccc(-c3ccccc3-c3cc(-c4ccccc4)cc(-c4ccccc4)c3)c21. The summed E-state index contributed by atoms with van der Waals surface area (Å²) in [6, 6.07) is 88.4. The van der Waals surface area contributed by atoms with Crippen LogP contribution in [0.15, 0.2) is 243 Å². The third-order valence-corrected chi connectivity index (χ3v) is 12.4. The lowest BCUT2D eigenvalue weighted by Crippen LogP contribution is -1.95. The average Bonchev–Trinajstić information content (AvgIpc) is 3.66. The number of hydrogen-bond acceptors (Lipinski definition) is 0. The normalized spacial score (nSPS) is 11.3. The van der Waals surface area contributed by atoms with Crippen molar-refractivity contribution in [3.63, 3.8) is 0 Å². The Bertz CT molecular complexity index is 3040. The monoisotopic (exact) mass is 789 g/mol. The van der Waals surface area contributed by atoms with Crippen molar-refractivity contribution in [1.29, 1.82) is 0 Å². The molecule has 1 heteroatoms. The quantitative estimate of drug-likeness (QED) is 0.144. The van der Waals surface area contributed by atoms with Crippen LogP contribution in [0.5, 0.6) is 0 Å². The highest BCUT2D eigenvalue weighted by Gasteiger charge is 2.21. The summed E-state index contributed by atoms with van der Waals surface area (Å²) < 4.78 is 2.44. The van der Waals surface area contributed by atoms with Gasteiger partial charge in [0.25, 0.3) is 0 Å². The largest absolute Gasteiger partial charge is 0.343 e. The zero-order chi connectivity index (χ0) is 41.4. The van der Waals surface area contributed by atoms with E-state index in [-0.39, 0.29) is 0 Å². The van der Waals surface area contributed by atoms with Crippen LogP contribution in [0, 0.1) is 0 Å². The van der Waals surface area contributed by atoms with Crippen molar-refractivity contribution >= 4 is 21.8 Å². The van der Waals surface area contributed by atoms with Crippen molar-refractivity contribution in [3.05, 3.63) is 243 Å². The standard InChI is InChI=1S/C61H43N/c1-62-60-56(54-30-16-14-28-52(54)50-38-46(42-20-6-2-7-21-42)36-47(39-50)43-22-8-3-9-23-43)32-18-34-58(60)59-35-19-33-57(61(59)62)55-31-17-15-29-53(55)51-40-48(44-24-10-4-11-25-44)37-49(41-51)45-26-12-5-13-27-45/h2-41H,1H3. The van der Waals surface area contributed by atoms with Crippen LogP contribution in [-0.2, 0) is 7.05 Å². The predicted molar refractivity (Wildman–Crippen MR) is 264 cm³/mol. The van der Waals surface area contributed by atoms with Crippen LogP contribution in [0.2, 0.25) is 0 Å². The minimum absolute atomic E-state index is 1.19. The molecule has 11 rings (SSSR count). The molecule has 0 radical (unpaired) electrons. The Morgan fingerprint density at radius 2 is 0.468 bits per heavy atom. The molecule has 0 spiro atoms. The molecule has 62 heavy (non-hydrogen) atoms. The summed E-state index contributed by atoms with van der Waals surface area (Å²) in [5.74, 6) is 0. The van der Waals surface area contributed by atoms with Crippen LogP contribution in [0.1, 0.15) is 0 Å². The molecule has 0 aliphatic rings. The van der Waals surface area contributed by atoms with E-state index < -0.39 is 0 Å². The molecule has 0 saturated heterocycles. The number of aromatic nitrogens is 1. The van der Waals surface area contributed by atoms with E-state index in [9.17, 15) is 0 Å². The van der Waals surface area contributed by atoms with Crippen molar-refractivity contribution in [3.8, 4) is 89.0 Å². The van der Waals surface area contributed by atoms with Crippen molar-refractivity contribution in [2.45, 2.75) is 0 Å². The van der Waals surface area contributed by atoms with E-state index in [1.807, 2.05) is 0 Å². The Morgan fingerprint density at radius 1 is 0.210 bits per heavy atom. The first-order valence-corrected chi connectivity index (χ1v) is 21.4. The molecule has 0 aliphatic carbocycles. The Balaban J connectivity index is 1.10. The van der Waals surface area contributed by atoms with Crippen molar-refractivity contribution in [2.75, 3.05) is 0 Å². The minimum Gasteiger partial charge on any atom is -0.343 e. The van der Waals surface area contributed by atoms with Gasteiger partial charge in [0, 0.05) is 28.9 Å². The Labute approximate surface area is 363 Å². The van der Waals surface area contributed by atoms with Gasteiger partial charge in [-0.1, -0.05) is 206 Å². The van der Waals surface area contributed by atoms with Crippen LogP contribution >= 0.6 is 0 Å². The zero-order valence-corrected chi connectivity index (χ0v) is 34.5. The van der Waals surface area contributed by atoms with Gasteiger partial charge in [0.15, 0.2) is 0 Å². The predicted octanol–water partition coefficient (Wildman–Crippen LogP) is 16.7. The highest BCUT2D eigenvalue weighted by Crippen LogP contribution is 2.45. The number of fused-ring (bicyclic) bond motifs is 3. The van der Waals surface area contributed by atoms with Gasteiger partial charge >= 0.3 is 0 Å². The molecule has 0 amide bonds. The molecule has 11 aromatic rings. The molecule has 1 aromatic heterocycles. The van der Waals surface area contributed by atoms with Gasteiger partial charge in [-0.15, -0.1) is 0 Å². The average molecular weight is 790 g/mol. The van der Waals surface area contributed by atoms with Crippen molar-refractivity contribution in [2.24, 2.45) is 7.05 Å². The van der Waals surface area contributed by atoms with E-state index in [0.29, 0.717) is 0 Å². The first kappa shape index (κ1) is 37.0. The molecular weight excluding hydrogens is 747 g/mol. The van der Waals surface area contributed by atoms with Gasteiger partial charge < -0.3 is 4.57 Å². The molecule has 0 fully saturated rings. The van der Waals surface area contributed by atoms with Gasteiger partial charge in [-0.2, -0.15) is 0 Å². The second-order valence-corrected chi connectivity index (χ2v) is 16.1. The molecule has 0 atom stereocenters. The Morgan fingerprint density at radius 3 is 0.790 bits per heavy atom. The summed E-state index contributed by atoms with van der Waals surface area (Å²) in [6.45, 7) is 0. The third kappa shape index (κ3) is 6.71. The number of nitrogens with zero attached hydrogens (tertiary/aromatic N) is 1. The second kappa shape index (κ2) is 15.9. The molecule has 0 aliphatic heterocycles. The lowest BCUT2D eigenvalue weighted by atomic mass is 9.89. The molecule has 1 nitrogen and oxygen atoms in total. The smallest absolute Gasteiger partial charge is 0.0568 e. The van der Waals surface area contributed by atoms with E-state index >= 15 is 0 Å². The molecular formula is C61H43N. The first-order valence-electron chi connectivity index (χ1n) is 21.4. The maximum atomic E-state index is 2.44. The topological polar surface area (TPSA) is 4.93 Å². The van der Waals surface area contributed by atoms with E-state index in [2.05, 4.69) is 254 Å². The highest BCUT2D eigenvalue weighted by molar-refractivity contribution is 6.17. The number of aryl methyl sites for hydroxylation is 1. The fourth-order valence-corrected chi connectivity index (χ4v) is 9.49. The molecule has 0 N–H and O–H groups in total. The van der Waals surface area contributed by atoms with E-state index in [0.717, 1.165) is 0 Å². The Kier molecular flexibility index (Phi) is 9.48. The summed E-state index contributed by atoms with van der Waals surface area (Å²) in [5.41, 5.74) is 21.7. The van der Waals surface area contributed by atoms with Gasteiger partial charge in [-0.05, 0) is 114 Å². The summed E-state index contributed by atoms with van der Waals surface area (Å²) in [7, 11) is 2.25. The van der Waals surface area contributed by atoms with Gasteiger partial charge in [-0.25, -0.2) is 0 Å². The summed E-state index contributed by atoms with van der Waals surface area (Å²) in [5, 5.41) is 2.49. The van der Waals surface area contributed by atoms with Crippen molar-refractivity contribution in [1.82, 2.24) is 4.57 Å². The third-order valence-electron chi connectivity index (χ3n) is 12.4. The van der Waals surface area contributed by atoms with Gasteiger partial charge in [0.1, 0.15) is 0 Å². The molecule has 0 bridgehead atoms. The second-order valence-electron chi connectivity index (χ2n) is 16.1.